The van der Waals surface area contributed by atoms with Crippen molar-refractivity contribution in [3.05, 3.63) is 70.2 Å². The number of benzene rings is 2. The van der Waals surface area contributed by atoms with E-state index >= 15 is 0 Å². The standard InChI is InChI=1S/C22H25BrN2O/c23-21-11-5-4-10-18(21)19-14-24-15-20(19)22(26)25-12-6-9-17(25)13-16-7-2-1-3-8-16/h1-5,7-8,10-11,17,19-20,24H,6,9,12-15H2/t17-,19-,20+/m0/s1. The van der Waals surface area contributed by atoms with Crippen LogP contribution < -0.4 is 5.32 Å². The van der Waals surface area contributed by atoms with Crippen molar-refractivity contribution in [2.24, 2.45) is 5.92 Å². The van der Waals surface area contributed by atoms with E-state index in [0.717, 1.165) is 43.4 Å². The largest absolute Gasteiger partial charge is 0.339 e. The average molecular weight is 413 g/mol. The van der Waals surface area contributed by atoms with Gasteiger partial charge in [-0.15, -0.1) is 0 Å². The lowest BCUT2D eigenvalue weighted by atomic mass is 9.87. The van der Waals surface area contributed by atoms with Gasteiger partial charge in [-0.2, -0.15) is 0 Å². The highest BCUT2D eigenvalue weighted by Crippen LogP contribution is 2.35. The van der Waals surface area contributed by atoms with Gasteiger partial charge in [-0.05, 0) is 36.5 Å². The molecule has 26 heavy (non-hydrogen) atoms. The van der Waals surface area contributed by atoms with Gasteiger partial charge in [-0.3, -0.25) is 4.79 Å². The summed E-state index contributed by atoms with van der Waals surface area (Å²) in [5.41, 5.74) is 2.57. The third-order valence-corrected chi connectivity index (χ3v) is 6.53. The maximum Gasteiger partial charge on any atom is 0.227 e. The molecule has 1 N–H and O–H groups in total. The Hall–Kier alpha value is -1.65. The molecule has 0 radical (unpaired) electrons. The van der Waals surface area contributed by atoms with Gasteiger partial charge in [0.25, 0.3) is 0 Å². The molecular weight excluding hydrogens is 388 g/mol. The van der Waals surface area contributed by atoms with E-state index in [1.54, 1.807) is 0 Å². The SMILES string of the molecule is O=C([C@@H]1CNC[C@H]1c1ccccc1Br)N1CCC[C@H]1Cc1ccccc1. The van der Waals surface area contributed by atoms with Crippen molar-refractivity contribution in [1.29, 1.82) is 0 Å². The van der Waals surface area contributed by atoms with E-state index in [-0.39, 0.29) is 11.8 Å². The predicted molar refractivity (Wildman–Crippen MR) is 108 cm³/mol. The lowest BCUT2D eigenvalue weighted by Gasteiger charge is -2.30. The van der Waals surface area contributed by atoms with E-state index in [1.165, 1.54) is 11.1 Å². The molecule has 0 aliphatic carbocycles. The zero-order valence-electron chi connectivity index (χ0n) is 14.9. The molecule has 4 rings (SSSR count). The van der Waals surface area contributed by atoms with Gasteiger partial charge in [0.15, 0.2) is 0 Å². The number of carbonyl (C=O) groups excluding carboxylic acids is 1. The molecule has 3 nitrogen and oxygen atoms in total. The maximum atomic E-state index is 13.4. The first-order valence-corrected chi connectivity index (χ1v) is 10.3. The van der Waals surface area contributed by atoms with Gasteiger partial charge in [0.2, 0.25) is 5.91 Å². The Morgan fingerprint density at radius 2 is 1.85 bits per heavy atom. The van der Waals surface area contributed by atoms with Crippen LogP contribution in [0.15, 0.2) is 59.1 Å². The number of nitrogens with one attached hydrogen (secondary N) is 1. The normalized spacial score (nSPS) is 25.6. The first-order chi connectivity index (χ1) is 12.7. The molecule has 2 aromatic carbocycles. The second-order valence-corrected chi connectivity index (χ2v) is 8.26. The number of carbonyl (C=O) groups is 1. The number of hydrogen-bond donors (Lipinski definition) is 1. The number of nitrogens with zero attached hydrogens (tertiary/aromatic N) is 1. The van der Waals surface area contributed by atoms with Crippen molar-refractivity contribution in [2.75, 3.05) is 19.6 Å². The van der Waals surface area contributed by atoms with Gasteiger partial charge in [-0.1, -0.05) is 64.5 Å². The molecule has 3 atom stereocenters. The molecule has 0 aromatic heterocycles. The molecule has 0 bridgehead atoms. The Morgan fingerprint density at radius 3 is 2.65 bits per heavy atom. The molecule has 0 spiro atoms. The molecule has 2 saturated heterocycles. The molecule has 2 heterocycles. The zero-order valence-corrected chi connectivity index (χ0v) is 16.5. The van der Waals surface area contributed by atoms with Gasteiger partial charge in [0, 0.05) is 36.1 Å². The number of hydrogen-bond acceptors (Lipinski definition) is 2. The monoisotopic (exact) mass is 412 g/mol. The summed E-state index contributed by atoms with van der Waals surface area (Å²) in [4.78, 5) is 15.6. The van der Waals surface area contributed by atoms with Crippen LogP contribution in [0.3, 0.4) is 0 Å². The highest BCUT2D eigenvalue weighted by atomic mass is 79.9. The van der Waals surface area contributed by atoms with Crippen molar-refractivity contribution in [3.63, 3.8) is 0 Å². The van der Waals surface area contributed by atoms with Gasteiger partial charge in [0.1, 0.15) is 0 Å². The Bertz CT molecular complexity index is 764. The lowest BCUT2D eigenvalue weighted by molar-refractivity contribution is -0.136. The van der Waals surface area contributed by atoms with E-state index in [0.29, 0.717) is 11.9 Å². The number of likely N-dealkylation sites (tertiary alicyclic amines) is 1. The first-order valence-electron chi connectivity index (χ1n) is 9.53. The van der Waals surface area contributed by atoms with E-state index in [4.69, 9.17) is 0 Å². The highest BCUT2D eigenvalue weighted by molar-refractivity contribution is 9.10. The lowest BCUT2D eigenvalue weighted by Crippen LogP contribution is -2.42. The van der Waals surface area contributed by atoms with Crippen LogP contribution in [0.25, 0.3) is 0 Å². The summed E-state index contributed by atoms with van der Waals surface area (Å²) >= 11 is 3.67. The minimum Gasteiger partial charge on any atom is -0.339 e. The molecule has 1 amide bonds. The minimum absolute atomic E-state index is 0.0325. The van der Waals surface area contributed by atoms with Gasteiger partial charge >= 0.3 is 0 Å². The summed E-state index contributed by atoms with van der Waals surface area (Å²) in [7, 11) is 0. The summed E-state index contributed by atoms with van der Waals surface area (Å²) in [6.45, 7) is 2.55. The van der Waals surface area contributed by atoms with Crippen LogP contribution >= 0.6 is 15.9 Å². The third-order valence-electron chi connectivity index (χ3n) is 5.81. The summed E-state index contributed by atoms with van der Waals surface area (Å²) in [6.07, 6.45) is 3.19. The fraction of sp³-hybridized carbons (Fsp3) is 0.409. The molecular formula is C22H25BrN2O. The van der Waals surface area contributed by atoms with Crippen LogP contribution in [0, 0.1) is 5.92 Å². The minimum atomic E-state index is 0.0325. The Balaban J connectivity index is 1.51. The summed E-state index contributed by atoms with van der Waals surface area (Å²) in [5, 5.41) is 3.45. The summed E-state index contributed by atoms with van der Waals surface area (Å²) in [5.74, 6) is 0.607. The molecule has 0 unspecified atom stereocenters. The fourth-order valence-corrected chi connectivity index (χ4v) is 5.06. The number of rotatable bonds is 4. The van der Waals surface area contributed by atoms with E-state index in [1.807, 2.05) is 12.1 Å². The Labute approximate surface area is 163 Å². The Kier molecular flexibility index (Phi) is 5.41. The van der Waals surface area contributed by atoms with E-state index in [9.17, 15) is 4.79 Å². The third kappa shape index (κ3) is 3.58. The second-order valence-electron chi connectivity index (χ2n) is 7.41. The molecule has 136 valence electrons. The molecule has 2 aliphatic heterocycles. The second kappa shape index (κ2) is 7.93. The molecule has 0 saturated carbocycles. The van der Waals surface area contributed by atoms with Crippen molar-refractivity contribution < 1.29 is 4.79 Å². The van der Waals surface area contributed by atoms with Crippen LogP contribution in [0.2, 0.25) is 0 Å². The van der Waals surface area contributed by atoms with Crippen LogP contribution in [0.1, 0.15) is 29.9 Å². The van der Waals surface area contributed by atoms with Crippen LogP contribution in [0.5, 0.6) is 0 Å². The smallest absolute Gasteiger partial charge is 0.227 e. The van der Waals surface area contributed by atoms with Gasteiger partial charge in [0.05, 0.1) is 5.92 Å². The van der Waals surface area contributed by atoms with Crippen molar-refractivity contribution >= 4 is 21.8 Å². The fourth-order valence-electron chi connectivity index (χ4n) is 4.48. The number of amides is 1. The first kappa shape index (κ1) is 17.7. The van der Waals surface area contributed by atoms with Gasteiger partial charge in [-0.25, -0.2) is 0 Å². The zero-order chi connectivity index (χ0) is 17.9. The Morgan fingerprint density at radius 1 is 1.08 bits per heavy atom. The van der Waals surface area contributed by atoms with Crippen LogP contribution in [-0.2, 0) is 11.2 Å². The van der Waals surface area contributed by atoms with Gasteiger partial charge < -0.3 is 10.2 Å². The van der Waals surface area contributed by atoms with Crippen molar-refractivity contribution in [3.8, 4) is 0 Å². The van der Waals surface area contributed by atoms with E-state index in [2.05, 4.69) is 68.6 Å². The average Bonchev–Trinajstić information content (AvgIpc) is 3.32. The number of halogens is 1. The van der Waals surface area contributed by atoms with Crippen molar-refractivity contribution in [2.45, 2.75) is 31.2 Å². The summed E-state index contributed by atoms with van der Waals surface area (Å²) in [6, 6.07) is 19.2. The van der Waals surface area contributed by atoms with E-state index < -0.39 is 0 Å². The van der Waals surface area contributed by atoms with Crippen molar-refractivity contribution in [1.82, 2.24) is 10.2 Å². The molecule has 2 fully saturated rings. The van der Waals surface area contributed by atoms with Crippen LogP contribution in [-0.4, -0.2) is 36.5 Å². The topological polar surface area (TPSA) is 32.3 Å². The van der Waals surface area contributed by atoms with Crippen LogP contribution in [0.4, 0.5) is 0 Å². The molecule has 4 heteroatoms. The molecule has 2 aromatic rings. The highest BCUT2D eigenvalue weighted by Gasteiger charge is 2.40. The summed E-state index contributed by atoms with van der Waals surface area (Å²) < 4.78 is 1.11. The maximum absolute atomic E-state index is 13.4. The molecule has 2 aliphatic rings. The quantitative estimate of drug-likeness (QED) is 0.823. The predicted octanol–water partition coefficient (Wildman–Crippen LogP) is 3.99.